The quantitative estimate of drug-likeness (QED) is 0.882. The number of aryl methyl sites for hydroxylation is 1. The molecule has 1 aromatic carbocycles. The van der Waals surface area contributed by atoms with E-state index in [0.717, 1.165) is 6.39 Å². The number of carbonyl (C=O) groups excluding carboxylic acids is 1. The van der Waals surface area contributed by atoms with Gasteiger partial charge in [0.1, 0.15) is 0 Å². The molecule has 2 rings (SSSR count). The highest BCUT2D eigenvalue weighted by atomic mass is 19.3. The van der Waals surface area contributed by atoms with Gasteiger partial charge in [-0.15, -0.1) is 10.2 Å². The van der Waals surface area contributed by atoms with Gasteiger partial charge in [0.05, 0.1) is 0 Å². The van der Waals surface area contributed by atoms with E-state index in [1.165, 1.54) is 19.1 Å². The fraction of sp³-hybridized carbons (Fsp3) is 0.250. The number of carbonyl (C=O) groups is 1. The summed E-state index contributed by atoms with van der Waals surface area (Å²) in [6.45, 7) is 1.52. The summed E-state index contributed by atoms with van der Waals surface area (Å²) < 4.78 is 55.0. The van der Waals surface area contributed by atoms with Gasteiger partial charge in [-0.2, -0.15) is 8.78 Å². The lowest BCUT2D eigenvalue weighted by Gasteiger charge is -2.16. The Kier molecular flexibility index (Phi) is 3.92. The molecule has 0 aliphatic rings. The number of aromatic nitrogens is 2. The number of nitrogens with zero attached hydrogens (tertiary/aromatic N) is 2. The maximum Gasteiger partial charge on any atom is 0.383 e. The first-order chi connectivity index (χ1) is 9.82. The Morgan fingerprint density at radius 3 is 2.67 bits per heavy atom. The van der Waals surface area contributed by atoms with Crippen LogP contribution < -0.4 is 5.32 Å². The van der Waals surface area contributed by atoms with Gasteiger partial charge in [-0.1, -0.05) is 6.07 Å². The number of alkyl halides is 4. The van der Waals surface area contributed by atoms with Crippen LogP contribution in [0.5, 0.6) is 0 Å². The molecule has 1 N–H and O–H groups in total. The van der Waals surface area contributed by atoms with E-state index in [1.54, 1.807) is 11.4 Å². The van der Waals surface area contributed by atoms with Crippen molar-refractivity contribution < 1.29 is 26.8 Å². The molecule has 1 amide bonds. The minimum absolute atomic E-state index is 0.0453. The monoisotopic (exact) mass is 303 g/mol. The topological polar surface area (TPSA) is 68.0 Å². The van der Waals surface area contributed by atoms with Gasteiger partial charge in [-0.05, 0) is 24.6 Å². The summed E-state index contributed by atoms with van der Waals surface area (Å²) in [5.74, 6) is -6.75. The molecular weight excluding hydrogens is 294 g/mol. The molecule has 1 aromatic heterocycles. The Morgan fingerprint density at radius 2 is 2.10 bits per heavy atom. The van der Waals surface area contributed by atoms with E-state index in [0.29, 0.717) is 11.1 Å². The normalized spacial score (nSPS) is 11.7. The molecule has 0 spiro atoms. The van der Waals surface area contributed by atoms with Gasteiger partial charge in [0, 0.05) is 11.3 Å². The van der Waals surface area contributed by atoms with Crippen LogP contribution in [0.15, 0.2) is 29.0 Å². The molecule has 0 aliphatic heterocycles. The number of hydrogen-bond donors (Lipinski definition) is 1. The summed E-state index contributed by atoms with van der Waals surface area (Å²) >= 11 is 0. The van der Waals surface area contributed by atoms with Crippen molar-refractivity contribution in [1.82, 2.24) is 10.2 Å². The van der Waals surface area contributed by atoms with E-state index in [-0.39, 0.29) is 11.6 Å². The zero-order valence-electron chi connectivity index (χ0n) is 10.6. The number of rotatable bonds is 4. The molecule has 0 atom stereocenters. The highest BCUT2D eigenvalue weighted by Gasteiger charge is 2.49. The molecule has 21 heavy (non-hydrogen) atoms. The fourth-order valence-electron chi connectivity index (χ4n) is 1.49. The molecule has 0 radical (unpaired) electrons. The Bertz CT molecular complexity index is 644. The first-order valence-corrected chi connectivity index (χ1v) is 5.67. The van der Waals surface area contributed by atoms with E-state index in [4.69, 9.17) is 4.42 Å². The van der Waals surface area contributed by atoms with E-state index in [2.05, 4.69) is 10.2 Å². The Balaban J connectivity index is 2.28. The molecular formula is C12H9F4N3O2. The van der Waals surface area contributed by atoms with Crippen LogP contribution in [0.25, 0.3) is 11.5 Å². The van der Waals surface area contributed by atoms with Crippen molar-refractivity contribution in [3.63, 3.8) is 0 Å². The maximum atomic E-state index is 12.9. The van der Waals surface area contributed by atoms with Gasteiger partial charge < -0.3 is 9.73 Å². The zero-order chi connectivity index (χ0) is 15.6. The van der Waals surface area contributed by atoms with Crippen LogP contribution in [0.2, 0.25) is 0 Å². The summed E-state index contributed by atoms with van der Waals surface area (Å²) in [5.41, 5.74) is 0.724. The Hall–Kier alpha value is -2.45. The minimum Gasteiger partial charge on any atom is -0.423 e. The molecule has 0 unspecified atom stereocenters. The van der Waals surface area contributed by atoms with Crippen molar-refractivity contribution in [1.29, 1.82) is 0 Å². The van der Waals surface area contributed by atoms with Gasteiger partial charge >= 0.3 is 18.3 Å². The van der Waals surface area contributed by atoms with Crippen LogP contribution in [0.4, 0.5) is 23.2 Å². The predicted molar refractivity (Wildman–Crippen MR) is 64.1 cm³/mol. The number of benzene rings is 1. The second kappa shape index (κ2) is 5.51. The van der Waals surface area contributed by atoms with Crippen molar-refractivity contribution in [2.75, 3.05) is 5.32 Å². The lowest BCUT2D eigenvalue weighted by atomic mass is 10.1. The average Bonchev–Trinajstić information content (AvgIpc) is 2.94. The molecule has 0 fully saturated rings. The minimum atomic E-state index is -4.77. The van der Waals surface area contributed by atoms with Crippen molar-refractivity contribution in [2.24, 2.45) is 0 Å². The number of hydrogen-bond acceptors (Lipinski definition) is 4. The number of anilines is 1. The standard InChI is InChI=1S/C12H9F4N3O2/c1-6-2-3-7(9-19-17-5-21-9)4-8(6)18-11(20)12(15,16)10(13)14/h2-5,10H,1H3,(H,18,20). The molecule has 5 nitrogen and oxygen atoms in total. The fourth-order valence-corrected chi connectivity index (χ4v) is 1.49. The van der Waals surface area contributed by atoms with Crippen LogP contribution in [-0.2, 0) is 4.79 Å². The predicted octanol–water partition coefficient (Wildman–Crippen LogP) is 2.88. The van der Waals surface area contributed by atoms with Crippen LogP contribution in [-0.4, -0.2) is 28.5 Å². The van der Waals surface area contributed by atoms with Crippen molar-refractivity contribution >= 4 is 11.6 Å². The molecule has 0 bridgehead atoms. The highest BCUT2D eigenvalue weighted by Crippen LogP contribution is 2.28. The number of amides is 1. The summed E-state index contributed by atoms with van der Waals surface area (Å²) in [6.07, 6.45) is -3.02. The van der Waals surface area contributed by atoms with Crippen LogP contribution >= 0.6 is 0 Å². The molecule has 0 aliphatic carbocycles. The van der Waals surface area contributed by atoms with E-state index in [1.807, 2.05) is 0 Å². The lowest BCUT2D eigenvalue weighted by Crippen LogP contribution is -2.41. The third-order valence-electron chi connectivity index (χ3n) is 2.67. The van der Waals surface area contributed by atoms with Crippen LogP contribution in [0.1, 0.15) is 5.56 Å². The third-order valence-corrected chi connectivity index (χ3v) is 2.67. The van der Waals surface area contributed by atoms with Gasteiger partial charge in [-0.3, -0.25) is 4.79 Å². The third kappa shape index (κ3) is 3.01. The summed E-state index contributed by atoms with van der Waals surface area (Å²) in [7, 11) is 0. The van der Waals surface area contributed by atoms with Crippen LogP contribution in [0, 0.1) is 6.92 Å². The molecule has 2 aromatic rings. The average molecular weight is 303 g/mol. The van der Waals surface area contributed by atoms with Gasteiger partial charge in [0.25, 0.3) is 0 Å². The Labute approximate surface area is 116 Å². The summed E-state index contributed by atoms with van der Waals surface area (Å²) in [4.78, 5) is 11.2. The van der Waals surface area contributed by atoms with Crippen molar-refractivity contribution in [3.05, 3.63) is 30.2 Å². The highest BCUT2D eigenvalue weighted by molar-refractivity contribution is 5.97. The molecule has 9 heteroatoms. The van der Waals surface area contributed by atoms with Gasteiger partial charge in [-0.25, -0.2) is 8.78 Å². The second-order valence-electron chi connectivity index (χ2n) is 4.15. The summed E-state index contributed by atoms with van der Waals surface area (Å²) in [6, 6.07) is 4.34. The van der Waals surface area contributed by atoms with E-state index >= 15 is 0 Å². The first-order valence-electron chi connectivity index (χ1n) is 5.67. The molecule has 0 saturated carbocycles. The van der Waals surface area contributed by atoms with Crippen molar-refractivity contribution in [3.8, 4) is 11.5 Å². The number of halogens is 4. The second-order valence-corrected chi connectivity index (χ2v) is 4.15. The van der Waals surface area contributed by atoms with Gasteiger partial charge in [0.15, 0.2) is 0 Å². The first kappa shape index (κ1) is 14.9. The molecule has 1 heterocycles. The largest absolute Gasteiger partial charge is 0.423 e. The van der Waals surface area contributed by atoms with E-state index in [9.17, 15) is 22.4 Å². The van der Waals surface area contributed by atoms with Gasteiger partial charge in [0.2, 0.25) is 12.3 Å². The zero-order valence-corrected chi connectivity index (χ0v) is 10.6. The van der Waals surface area contributed by atoms with Crippen LogP contribution in [0.3, 0.4) is 0 Å². The summed E-state index contributed by atoms with van der Waals surface area (Å²) in [5, 5.41) is 8.84. The molecule has 112 valence electrons. The van der Waals surface area contributed by atoms with E-state index < -0.39 is 18.3 Å². The number of nitrogens with one attached hydrogen (secondary N) is 1. The Morgan fingerprint density at radius 1 is 1.38 bits per heavy atom. The maximum absolute atomic E-state index is 12.9. The van der Waals surface area contributed by atoms with Crippen molar-refractivity contribution in [2.45, 2.75) is 19.3 Å². The molecule has 0 saturated heterocycles. The SMILES string of the molecule is Cc1ccc(-c2nnco2)cc1NC(=O)C(F)(F)C(F)F. The smallest absolute Gasteiger partial charge is 0.383 e. The lowest BCUT2D eigenvalue weighted by molar-refractivity contribution is -0.163.